The lowest BCUT2D eigenvalue weighted by Crippen LogP contribution is -1.85. The minimum atomic E-state index is 0.532. The van der Waals surface area contributed by atoms with Gasteiger partial charge >= 0.3 is 0 Å². The van der Waals surface area contributed by atoms with Gasteiger partial charge in [0.05, 0.1) is 18.4 Å². The summed E-state index contributed by atoms with van der Waals surface area (Å²) in [6.45, 7) is 0.532. The van der Waals surface area contributed by atoms with E-state index in [1.165, 1.54) is 6.39 Å². The van der Waals surface area contributed by atoms with Crippen LogP contribution in [0, 0.1) is 0 Å². The topological polar surface area (TPSA) is 76.8 Å². The van der Waals surface area contributed by atoms with Gasteiger partial charge in [-0.15, -0.1) is 0 Å². The van der Waals surface area contributed by atoms with Gasteiger partial charge in [0.1, 0.15) is 0 Å². The highest BCUT2D eigenvalue weighted by Crippen LogP contribution is 2.22. The summed E-state index contributed by atoms with van der Waals surface area (Å²) in [7, 11) is 0. The first-order chi connectivity index (χ1) is 10.3. The molecule has 5 heteroatoms. The maximum absolute atomic E-state index is 5.63. The first-order valence-corrected chi connectivity index (χ1v) is 6.52. The monoisotopic (exact) mass is 278 g/mol. The van der Waals surface area contributed by atoms with E-state index in [1.807, 2.05) is 48.5 Å². The summed E-state index contributed by atoms with van der Waals surface area (Å²) in [4.78, 5) is 3.89. The van der Waals surface area contributed by atoms with E-state index >= 15 is 0 Å². The van der Waals surface area contributed by atoms with E-state index in [0.29, 0.717) is 6.54 Å². The van der Waals surface area contributed by atoms with Crippen LogP contribution in [0.5, 0.6) is 0 Å². The number of nitrogens with zero attached hydrogens (tertiary/aromatic N) is 3. The Morgan fingerprint density at radius 1 is 1.00 bits per heavy atom. The van der Waals surface area contributed by atoms with Crippen LogP contribution in [0.2, 0.25) is 0 Å². The summed E-state index contributed by atoms with van der Waals surface area (Å²) in [5.74, 6) is 0.736. The molecule has 0 aliphatic heterocycles. The molecule has 0 radical (unpaired) electrons. The Bertz CT molecular complexity index is 716. The zero-order chi connectivity index (χ0) is 14.5. The number of nitrogen functional groups attached to an aromatic ring is 1. The van der Waals surface area contributed by atoms with E-state index in [4.69, 9.17) is 10.2 Å². The standard InChI is InChI=1S/C16H14N4O/c17-14-5-1-12(2-6-14)9-19-20-15-7-3-13(4-8-15)16-10-18-11-21-16/h1-8,10-11H,9,17H2. The molecule has 21 heavy (non-hydrogen) atoms. The van der Waals surface area contributed by atoms with Gasteiger partial charge in [-0.3, -0.25) is 0 Å². The highest BCUT2D eigenvalue weighted by molar-refractivity contribution is 5.59. The number of oxazole rings is 1. The summed E-state index contributed by atoms with van der Waals surface area (Å²) in [6.07, 6.45) is 3.09. The number of aromatic nitrogens is 1. The largest absolute Gasteiger partial charge is 0.444 e. The Kier molecular flexibility index (Phi) is 3.73. The second kappa shape index (κ2) is 6.00. The molecular formula is C16H14N4O. The van der Waals surface area contributed by atoms with Crippen molar-refractivity contribution < 1.29 is 4.42 Å². The molecule has 0 atom stereocenters. The molecule has 0 aliphatic carbocycles. The summed E-state index contributed by atoms with van der Waals surface area (Å²) >= 11 is 0. The molecule has 0 bridgehead atoms. The van der Waals surface area contributed by atoms with Crippen LogP contribution in [-0.2, 0) is 6.54 Å². The zero-order valence-electron chi connectivity index (χ0n) is 11.3. The highest BCUT2D eigenvalue weighted by atomic mass is 16.3. The second-order valence-corrected chi connectivity index (χ2v) is 4.55. The molecule has 0 saturated carbocycles. The van der Waals surface area contributed by atoms with Crippen molar-refractivity contribution in [2.45, 2.75) is 6.54 Å². The van der Waals surface area contributed by atoms with Gasteiger partial charge in [0.15, 0.2) is 12.2 Å². The Hall–Kier alpha value is -2.95. The van der Waals surface area contributed by atoms with Crippen LogP contribution in [-0.4, -0.2) is 4.98 Å². The average Bonchev–Trinajstić information content (AvgIpc) is 3.04. The first kappa shape index (κ1) is 13.1. The fourth-order valence-corrected chi connectivity index (χ4v) is 1.87. The fraction of sp³-hybridized carbons (Fsp3) is 0.0625. The van der Waals surface area contributed by atoms with Crippen molar-refractivity contribution in [1.82, 2.24) is 4.98 Å². The number of benzene rings is 2. The third-order valence-corrected chi connectivity index (χ3v) is 3.00. The Labute approximate surface area is 122 Å². The van der Waals surface area contributed by atoms with Crippen LogP contribution in [0.25, 0.3) is 11.3 Å². The molecule has 3 rings (SSSR count). The van der Waals surface area contributed by atoms with Crippen LogP contribution >= 0.6 is 0 Å². The molecule has 2 aromatic carbocycles. The van der Waals surface area contributed by atoms with Crippen molar-refractivity contribution in [3.63, 3.8) is 0 Å². The van der Waals surface area contributed by atoms with E-state index in [2.05, 4.69) is 15.2 Å². The van der Waals surface area contributed by atoms with E-state index in [1.54, 1.807) is 6.20 Å². The number of rotatable bonds is 4. The van der Waals surface area contributed by atoms with Gasteiger partial charge < -0.3 is 10.2 Å². The van der Waals surface area contributed by atoms with Crippen molar-refractivity contribution in [3.8, 4) is 11.3 Å². The molecule has 0 amide bonds. The van der Waals surface area contributed by atoms with Crippen molar-refractivity contribution in [2.24, 2.45) is 10.2 Å². The number of nitrogens with two attached hydrogens (primary N) is 1. The average molecular weight is 278 g/mol. The summed E-state index contributed by atoms with van der Waals surface area (Å²) in [5.41, 5.74) is 9.22. The Balaban J connectivity index is 1.65. The van der Waals surface area contributed by atoms with Gasteiger partial charge in [-0.1, -0.05) is 12.1 Å². The van der Waals surface area contributed by atoms with Gasteiger partial charge in [0, 0.05) is 11.3 Å². The number of hydrogen-bond acceptors (Lipinski definition) is 5. The molecule has 1 aromatic heterocycles. The van der Waals surface area contributed by atoms with Crippen LogP contribution in [0.3, 0.4) is 0 Å². The molecule has 0 spiro atoms. The molecule has 0 unspecified atom stereocenters. The highest BCUT2D eigenvalue weighted by Gasteiger charge is 2.00. The lowest BCUT2D eigenvalue weighted by molar-refractivity contribution is 0.572. The van der Waals surface area contributed by atoms with Gasteiger partial charge in [0.2, 0.25) is 0 Å². The molecule has 0 saturated heterocycles. The summed E-state index contributed by atoms with van der Waals surface area (Å²) < 4.78 is 5.23. The molecule has 3 aromatic rings. The summed E-state index contributed by atoms with van der Waals surface area (Å²) in [6, 6.07) is 15.3. The second-order valence-electron chi connectivity index (χ2n) is 4.55. The lowest BCUT2D eigenvalue weighted by atomic mass is 10.2. The van der Waals surface area contributed by atoms with E-state index in [-0.39, 0.29) is 0 Å². The first-order valence-electron chi connectivity index (χ1n) is 6.52. The van der Waals surface area contributed by atoms with Gasteiger partial charge in [-0.05, 0) is 42.0 Å². The third-order valence-electron chi connectivity index (χ3n) is 3.00. The number of hydrogen-bond donors (Lipinski definition) is 1. The normalized spacial score (nSPS) is 11.0. The molecule has 5 nitrogen and oxygen atoms in total. The molecular weight excluding hydrogens is 264 g/mol. The van der Waals surface area contributed by atoms with Crippen molar-refractivity contribution in [3.05, 3.63) is 66.7 Å². The minimum absolute atomic E-state index is 0.532. The van der Waals surface area contributed by atoms with E-state index < -0.39 is 0 Å². The van der Waals surface area contributed by atoms with Crippen LogP contribution in [0.1, 0.15) is 5.56 Å². The van der Waals surface area contributed by atoms with Gasteiger partial charge in [-0.2, -0.15) is 10.2 Å². The maximum Gasteiger partial charge on any atom is 0.181 e. The van der Waals surface area contributed by atoms with Crippen LogP contribution in [0.15, 0.2) is 75.8 Å². The predicted molar refractivity (Wildman–Crippen MR) is 81.0 cm³/mol. The zero-order valence-corrected chi connectivity index (χ0v) is 11.3. The minimum Gasteiger partial charge on any atom is -0.444 e. The van der Waals surface area contributed by atoms with Crippen LogP contribution in [0.4, 0.5) is 11.4 Å². The molecule has 104 valence electrons. The number of azo groups is 1. The molecule has 0 fully saturated rings. The van der Waals surface area contributed by atoms with Crippen molar-refractivity contribution >= 4 is 11.4 Å². The predicted octanol–water partition coefficient (Wildman–Crippen LogP) is 4.21. The lowest BCUT2D eigenvalue weighted by Gasteiger charge is -1.98. The SMILES string of the molecule is Nc1ccc(CN=Nc2ccc(-c3cnco3)cc2)cc1. The van der Waals surface area contributed by atoms with Crippen molar-refractivity contribution in [1.29, 1.82) is 0 Å². The smallest absolute Gasteiger partial charge is 0.181 e. The van der Waals surface area contributed by atoms with Gasteiger partial charge in [0.25, 0.3) is 0 Å². The Morgan fingerprint density at radius 2 is 1.76 bits per heavy atom. The van der Waals surface area contributed by atoms with Crippen molar-refractivity contribution in [2.75, 3.05) is 5.73 Å². The quantitative estimate of drug-likeness (QED) is 0.573. The molecule has 0 aliphatic rings. The summed E-state index contributed by atoms with van der Waals surface area (Å²) in [5, 5.41) is 8.38. The van der Waals surface area contributed by atoms with E-state index in [9.17, 15) is 0 Å². The number of anilines is 1. The van der Waals surface area contributed by atoms with Crippen LogP contribution < -0.4 is 5.73 Å². The molecule has 2 N–H and O–H groups in total. The fourth-order valence-electron chi connectivity index (χ4n) is 1.87. The van der Waals surface area contributed by atoms with E-state index in [0.717, 1.165) is 28.3 Å². The maximum atomic E-state index is 5.63. The third kappa shape index (κ3) is 3.33. The Morgan fingerprint density at radius 3 is 2.43 bits per heavy atom. The molecule has 1 heterocycles. The van der Waals surface area contributed by atoms with Gasteiger partial charge in [-0.25, -0.2) is 4.98 Å².